The molecule has 19 nitrogen and oxygen atoms in total. The number of carbonyl (C=O) groups excluding carboxylic acids is 5. The first-order valence-electron chi connectivity index (χ1n) is 19.3. The summed E-state index contributed by atoms with van der Waals surface area (Å²) < 4.78 is 2.23. The minimum atomic E-state index is -1.91. The third-order valence-corrected chi connectivity index (χ3v) is 15.1. The van der Waals surface area contributed by atoms with Crippen molar-refractivity contribution in [1.29, 1.82) is 0 Å². The maximum Gasteiger partial charge on any atom is 1.00 e. The number of rotatable bonds is 13. The average molecular weight is 911 g/mol. The molecule has 5 aliphatic heterocycles. The van der Waals surface area contributed by atoms with Gasteiger partial charge < -0.3 is 65.2 Å². The van der Waals surface area contributed by atoms with Gasteiger partial charge >= 0.3 is 29.6 Å². The van der Waals surface area contributed by atoms with Gasteiger partial charge in [-0.3, -0.25) is 19.2 Å². The molecule has 7 heterocycles. The number of halogens is 1. The summed E-state index contributed by atoms with van der Waals surface area (Å²) in [6, 6.07) is -1.17. The van der Waals surface area contributed by atoms with E-state index in [-0.39, 0.29) is 72.5 Å². The second-order valence-corrected chi connectivity index (χ2v) is 19.3. The number of nitrogens with zero attached hydrogens (tertiary/aromatic N) is 5. The van der Waals surface area contributed by atoms with E-state index < -0.39 is 81.3 Å². The molecule has 3 amide bonds. The van der Waals surface area contributed by atoms with Crippen LogP contribution in [0.3, 0.4) is 0 Å². The van der Waals surface area contributed by atoms with Crippen LogP contribution in [0.5, 0.6) is 11.5 Å². The molecule has 5 atom stereocenters. The number of hydrogen-bond donors (Lipinski definition) is 5. The van der Waals surface area contributed by atoms with E-state index in [1.807, 2.05) is 6.92 Å². The topological polar surface area (TPSA) is 282 Å². The van der Waals surface area contributed by atoms with E-state index in [0.29, 0.717) is 43.8 Å². The van der Waals surface area contributed by atoms with Crippen molar-refractivity contribution in [2.24, 2.45) is 16.5 Å². The van der Waals surface area contributed by atoms with Gasteiger partial charge in [0.1, 0.15) is 22.7 Å². The van der Waals surface area contributed by atoms with Crippen molar-refractivity contribution in [2.75, 3.05) is 38.5 Å². The Hall–Kier alpha value is -4.12. The molecule has 322 valence electrons. The fraction of sp³-hybridized carbons (Fsp3) is 0.526. The largest absolute Gasteiger partial charge is 1.00 e. The van der Waals surface area contributed by atoms with Crippen molar-refractivity contribution < 1.29 is 83.3 Å². The van der Waals surface area contributed by atoms with Crippen LogP contribution in [0.15, 0.2) is 27.6 Å². The molecule has 5 fully saturated rings. The monoisotopic (exact) mass is 910 g/mol. The summed E-state index contributed by atoms with van der Waals surface area (Å²) in [6.45, 7) is 9.29. The van der Waals surface area contributed by atoms with Gasteiger partial charge in [-0.1, -0.05) is 23.7 Å². The van der Waals surface area contributed by atoms with Crippen LogP contribution in [0.25, 0.3) is 10.9 Å². The van der Waals surface area contributed by atoms with Crippen LogP contribution in [0, 0.1) is 11.3 Å². The van der Waals surface area contributed by atoms with E-state index in [1.54, 1.807) is 11.5 Å². The van der Waals surface area contributed by atoms with E-state index in [0.717, 1.165) is 30.6 Å². The Bertz CT molecular complexity index is 2390. The van der Waals surface area contributed by atoms with Gasteiger partial charge in [-0.05, 0) is 20.8 Å². The molecule has 2 unspecified atom stereocenters. The van der Waals surface area contributed by atoms with Crippen molar-refractivity contribution in [3.63, 3.8) is 0 Å². The van der Waals surface area contributed by atoms with Gasteiger partial charge in [-0.25, -0.2) is 4.98 Å². The Kier molecular flexibility index (Phi) is 13.1. The fourth-order valence-corrected chi connectivity index (χ4v) is 11.2. The van der Waals surface area contributed by atoms with Gasteiger partial charge in [0, 0.05) is 66.6 Å². The van der Waals surface area contributed by atoms with Crippen LogP contribution in [-0.4, -0.2) is 126 Å². The van der Waals surface area contributed by atoms with Crippen LogP contribution < -0.4 is 61.6 Å². The first-order valence-corrected chi connectivity index (χ1v) is 21.5. The van der Waals surface area contributed by atoms with Crippen LogP contribution >= 0.6 is 34.7 Å². The Balaban J connectivity index is 0.00000622. The zero-order valence-electron chi connectivity index (χ0n) is 34.1. The van der Waals surface area contributed by atoms with E-state index in [1.165, 1.54) is 48.2 Å². The van der Waals surface area contributed by atoms with Gasteiger partial charge in [0.15, 0.2) is 27.9 Å². The van der Waals surface area contributed by atoms with Crippen molar-refractivity contribution in [2.45, 2.75) is 81.8 Å². The number of nitrogens with two attached hydrogens (primary N) is 1. The molecule has 6 N–H and O–H groups in total. The summed E-state index contributed by atoms with van der Waals surface area (Å²) in [6.07, 6.45) is 3.60. The zero-order valence-corrected chi connectivity index (χ0v) is 38.4. The first kappa shape index (κ1) is 46.4. The van der Waals surface area contributed by atoms with Crippen LogP contribution in [0.4, 0.5) is 5.13 Å². The standard InChI is InChI=1S/C38H45ClN8O11S2.Na/c1-5-45-13-18(28(49)23-21(45)12-22(48)29(50)24(23)39)30(51)41-16-38-6-9-47(10-7-38,11-8-38)14-19-17(2)60-33-26(32(53)46(33)27(19)34(54)55)43-31(52)25(20-15-59-36(40)42-20)44-58-37(3,4)35(56)57;/h12-13,15,17,19,26-27,33H,5-11,14,16H2,1-4H3,(H7-,40,41,42,43,44,48,49,50,51,52,54,55,56,57);/q;+1/p-1/t17-,19?,26+,27?,33+,38?,47?;/m0./s1. The van der Waals surface area contributed by atoms with E-state index in [2.05, 4.69) is 20.8 Å². The number of carboxylic acids is 2. The SMILES string of the molecule is CCn1cc(C(=O)NCC23CC[N+](CC4C(C(=O)[O-])N5C(=O)[C@@H](NC(=O)/C(=N\OC(C)(C)C(=O)[O-])c6csc(N)n6)[C@H]5S[C@H]4C)(CC2)CC3)c(=O)c2c(Cl)c(O)c(O)cc21.[Na+]. The number of aromatic nitrogens is 2. The third-order valence-electron chi connectivity index (χ3n) is 12.5. The van der Waals surface area contributed by atoms with Gasteiger partial charge in [0.25, 0.3) is 11.8 Å². The number of benzene rings is 1. The minimum Gasteiger partial charge on any atom is -0.548 e. The molecule has 23 heteroatoms. The normalized spacial score (nSPS) is 27.1. The molecule has 5 aliphatic rings. The molecule has 0 saturated carbocycles. The van der Waals surface area contributed by atoms with Crippen molar-refractivity contribution in [3.05, 3.63) is 44.1 Å². The number of anilines is 1. The second kappa shape index (κ2) is 17.2. The van der Waals surface area contributed by atoms with Crippen molar-refractivity contribution in [1.82, 2.24) is 25.1 Å². The van der Waals surface area contributed by atoms with Gasteiger partial charge in [0.2, 0.25) is 11.3 Å². The molecule has 2 aromatic heterocycles. The number of aromatic hydroxyl groups is 2. The van der Waals surface area contributed by atoms with Crippen LogP contribution in [0.1, 0.15) is 63.0 Å². The summed E-state index contributed by atoms with van der Waals surface area (Å²) >= 11 is 8.63. The van der Waals surface area contributed by atoms with Gasteiger partial charge in [-0.2, -0.15) is 0 Å². The molecule has 1 aromatic carbocycles. The Morgan fingerprint density at radius 2 is 1.82 bits per heavy atom. The summed E-state index contributed by atoms with van der Waals surface area (Å²) in [5.41, 5.74) is 2.60. The summed E-state index contributed by atoms with van der Waals surface area (Å²) in [4.78, 5) is 89.0. The Morgan fingerprint density at radius 3 is 2.39 bits per heavy atom. The number of fused-ring (bicyclic) bond motifs is 5. The van der Waals surface area contributed by atoms with E-state index in [4.69, 9.17) is 22.2 Å². The molecule has 8 rings (SSSR count). The summed E-state index contributed by atoms with van der Waals surface area (Å²) in [5.74, 6) is -6.73. The predicted octanol–water partition coefficient (Wildman–Crippen LogP) is -3.67. The number of oxime groups is 1. The number of aliphatic carboxylic acids is 2. The number of phenols is 2. The molecule has 0 spiro atoms. The maximum atomic E-state index is 13.7. The molecule has 3 aromatic rings. The summed E-state index contributed by atoms with van der Waals surface area (Å²) in [7, 11) is 0. The van der Waals surface area contributed by atoms with Gasteiger partial charge in [0.05, 0.1) is 60.1 Å². The Morgan fingerprint density at radius 1 is 1.16 bits per heavy atom. The molecule has 2 bridgehead atoms. The van der Waals surface area contributed by atoms with Crippen molar-refractivity contribution >= 4 is 86.1 Å². The number of nitrogen functional groups attached to an aromatic ring is 1. The van der Waals surface area contributed by atoms with Crippen molar-refractivity contribution in [3.8, 4) is 11.5 Å². The number of thioether (sulfide) groups is 1. The predicted molar refractivity (Wildman–Crippen MR) is 216 cm³/mol. The number of quaternary nitrogens is 1. The van der Waals surface area contributed by atoms with E-state index in [9.17, 15) is 49.2 Å². The quantitative estimate of drug-likeness (QED) is 0.0276. The van der Waals surface area contributed by atoms with E-state index >= 15 is 0 Å². The van der Waals surface area contributed by atoms with Crippen LogP contribution in [-0.2, 0) is 30.6 Å². The number of hydrogen-bond acceptors (Lipinski definition) is 16. The maximum absolute atomic E-state index is 13.7. The molecule has 61 heavy (non-hydrogen) atoms. The number of carboxylic acid groups (broad SMARTS) is 2. The number of phenolic OH excluding ortho intramolecular Hbond substituents is 2. The number of carbonyl (C=O) groups is 5. The number of nitrogens with one attached hydrogen (secondary N) is 2. The first-order chi connectivity index (χ1) is 28.2. The van der Waals surface area contributed by atoms with Crippen LogP contribution in [0.2, 0.25) is 5.02 Å². The number of amides is 3. The summed E-state index contributed by atoms with van der Waals surface area (Å²) in [5, 5.41) is 54.0. The molecular formula is C38H44ClN8NaO11S2. The molecule has 0 aliphatic carbocycles. The third kappa shape index (κ3) is 8.41. The number of pyridine rings is 1. The minimum absolute atomic E-state index is 0. The zero-order chi connectivity index (χ0) is 43.6. The number of piperidine rings is 3. The van der Waals surface area contributed by atoms with Gasteiger partial charge in [-0.15, -0.1) is 23.1 Å². The average Bonchev–Trinajstić information content (AvgIpc) is 3.64. The fourth-order valence-electron chi connectivity index (χ4n) is 8.77. The number of thiazole rings is 1. The molecule has 0 radical (unpaired) electrons. The smallest absolute Gasteiger partial charge is 0.548 e. The molecular weight excluding hydrogens is 867 g/mol. The number of aryl methyl sites for hydroxylation is 1. The molecule has 5 saturated heterocycles. The second-order valence-electron chi connectivity index (χ2n) is 16.5. The number of β-lactam (4-membered cyclic amide) rings is 1. The Labute approximate surface area is 384 Å².